The molecule has 0 bridgehead atoms. The lowest BCUT2D eigenvalue weighted by Crippen LogP contribution is -2.48. The first-order valence-electron chi connectivity index (χ1n) is 16.7. The predicted molar refractivity (Wildman–Crippen MR) is 188 cm³/mol. The second-order valence-corrected chi connectivity index (χ2v) is 14.7. The molecule has 0 saturated heterocycles. The maximum Gasteiger partial charge on any atom is 0.258 e. The Morgan fingerprint density at radius 1 is 1.08 bits per heavy atom. The smallest absolute Gasteiger partial charge is 0.258 e. The normalized spacial score (nSPS) is 20.1. The molecule has 4 rings (SSSR count). The molecule has 49 heavy (non-hydrogen) atoms. The van der Waals surface area contributed by atoms with E-state index in [4.69, 9.17) is 14.2 Å². The number of likely N-dealkylation sites (N-methyl/N-ethyl adjacent to an activating group) is 1. The monoisotopic (exact) mass is 695 g/mol. The summed E-state index contributed by atoms with van der Waals surface area (Å²) in [6, 6.07) is 20.0. The molecule has 0 saturated carbocycles. The minimum atomic E-state index is -3.85. The van der Waals surface area contributed by atoms with Gasteiger partial charge < -0.3 is 29.5 Å². The molecule has 1 aliphatic rings. The lowest BCUT2D eigenvalue weighted by atomic mass is 10.0. The Kier molecular flexibility index (Phi) is 13.6. The molecule has 1 heterocycles. The Bertz CT molecular complexity index is 1640. The lowest BCUT2D eigenvalue weighted by Gasteiger charge is -2.35. The van der Waals surface area contributed by atoms with Crippen LogP contribution >= 0.6 is 0 Å². The van der Waals surface area contributed by atoms with E-state index in [0.717, 1.165) is 18.4 Å². The van der Waals surface area contributed by atoms with E-state index < -0.39 is 22.2 Å². The Morgan fingerprint density at radius 3 is 2.47 bits per heavy atom. The molecule has 12 heteroatoms. The summed E-state index contributed by atoms with van der Waals surface area (Å²) in [5, 5.41) is 13.1. The van der Waals surface area contributed by atoms with Gasteiger partial charge in [0.1, 0.15) is 11.5 Å². The van der Waals surface area contributed by atoms with Crippen molar-refractivity contribution >= 4 is 27.5 Å². The third-order valence-electron chi connectivity index (χ3n) is 8.75. The van der Waals surface area contributed by atoms with E-state index in [1.165, 1.54) is 30.6 Å². The van der Waals surface area contributed by atoms with Gasteiger partial charge in [-0.1, -0.05) is 37.3 Å². The number of rotatable bonds is 10. The van der Waals surface area contributed by atoms with Gasteiger partial charge in [-0.25, -0.2) is 8.42 Å². The van der Waals surface area contributed by atoms with Gasteiger partial charge in [0.2, 0.25) is 15.9 Å². The van der Waals surface area contributed by atoms with E-state index >= 15 is 0 Å². The molecule has 3 aromatic carbocycles. The summed E-state index contributed by atoms with van der Waals surface area (Å²) in [5.41, 5.74) is 1.56. The van der Waals surface area contributed by atoms with E-state index in [-0.39, 0.29) is 60.4 Å². The first-order valence-corrected chi connectivity index (χ1v) is 18.1. The number of hydrogen-bond donors (Lipinski definition) is 2. The third kappa shape index (κ3) is 10.3. The first kappa shape index (κ1) is 37.8. The number of carbonyl (C=O) groups excluding carboxylic acids is 2. The van der Waals surface area contributed by atoms with Crippen molar-refractivity contribution in [1.29, 1.82) is 0 Å². The van der Waals surface area contributed by atoms with Gasteiger partial charge in [-0.15, -0.1) is 0 Å². The number of ether oxygens (including phenoxy) is 3. The molecule has 0 unspecified atom stereocenters. The fraction of sp³-hybridized carbons (Fsp3) is 0.459. The van der Waals surface area contributed by atoms with Gasteiger partial charge >= 0.3 is 0 Å². The van der Waals surface area contributed by atoms with Gasteiger partial charge in [-0.3, -0.25) is 9.59 Å². The summed E-state index contributed by atoms with van der Waals surface area (Å²) >= 11 is 0. The van der Waals surface area contributed by atoms with Gasteiger partial charge in [-0.05, 0) is 81.1 Å². The van der Waals surface area contributed by atoms with E-state index in [9.17, 15) is 23.1 Å². The summed E-state index contributed by atoms with van der Waals surface area (Å²) in [6.07, 6.45) is 1.64. The highest BCUT2D eigenvalue weighted by Crippen LogP contribution is 2.29. The molecule has 1 aliphatic heterocycles. The van der Waals surface area contributed by atoms with Crippen LogP contribution in [0.2, 0.25) is 0 Å². The molecule has 2 amide bonds. The van der Waals surface area contributed by atoms with Crippen LogP contribution in [-0.4, -0.2) is 93.3 Å². The maximum absolute atomic E-state index is 14.4. The van der Waals surface area contributed by atoms with Crippen LogP contribution in [0.25, 0.3) is 0 Å². The minimum Gasteiger partial charge on any atom is -0.497 e. The fourth-order valence-electron chi connectivity index (χ4n) is 5.73. The van der Waals surface area contributed by atoms with Crippen molar-refractivity contribution in [3.8, 4) is 11.5 Å². The van der Waals surface area contributed by atoms with Crippen molar-refractivity contribution in [1.82, 2.24) is 9.21 Å². The van der Waals surface area contributed by atoms with E-state index in [1.54, 1.807) is 42.2 Å². The summed E-state index contributed by atoms with van der Waals surface area (Å²) in [5.74, 6) is -0.000203. The number of benzene rings is 3. The number of sulfonamides is 1. The van der Waals surface area contributed by atoms with Gasteiger partial charge in [0.05, 0.1) is 48.8 Å². The molecule has 266 valence electrons. The summed E-state index contributed by atoms with van der Waals surface area (Å²) < 4.78 is 46.1. The number of hydrogen-bond acceptors (Lipinski definition) is 8. The number of amides is 2. The highest BCUT2D eigenvalue weighted by atomic mass is 32.2. The maximum atomic E-state index is 14.4. The predicted octanol–water partition coefficient (Wildman–Crippen LogP) is 4.99. The molecule has 3 aromatic rings. The van der Waals surface area contributed by atoms with E-state index in [0.29, 0.717) is 30.2 Å². The second kappa shape index (κ2) is 17.6. The zero-order valence-corrected chi connectivity index (χ0v) is 29.8. The van der Waals surface area contributed by atoms with Crippen molar-refractivity contribution in [2.45, 2.75) is 69.6 Å². The molecule has 0 radical (unpaired) electrons. The van der Waals surface area contributed by atoms with Gasteiger partial charge in [0, 0.05) is 38.3 Å². The van der Waals surface area contributed by atoms with Crippen molar-refractivity contribution in [3.05, 3.63) is 83.9 Å². The number of nitrogens with one attached hydrogen (secondary N) is 1. The SMILES string of the molecule is COc1ccc(S(=O)(=O)N(C)C[C@@H]2OCCCC[C@H](C)Oc3ccc(NC(=O)Cc4ccccc4)cc3C(=O)N([C@@H](C)CO)C[C@H]2C)cc1. The zero-order chi connectivity index (χ0) is 35.6. The van der Waals surface area contributed by atoms with Crippen molar-refractivity contribution < 1.29 is 37.3 Å². The Morgan fingerprint density at radius 2 is 1.80 bits per heavy atom. The Labute approximate surface area is 290 Å². The van der Waals surface area contributed by atoms with Crippen LogP contribution in [0.1, 0.15) is 56.0 Å². The van der Waals surface area contributed by atoms with E-state index in [1.807, 2.05) is 44.2 Å². The minimum absolute atomic E-state index is 0.0543. The van der Waals surface area contributed by atoms with Gasteiger partial charge in [0.25, 0.3) is 5.91 Å². The molecular formula is C37H49N3O8S. The van der Waals surface area contributed by atoms with Gasteiger partial charge in [0.15, 0.2) is 0 Å². The van der Waals surface area contributed by atoms with Crippen LogP contribution in [0.3, 0.4) is 0 Å². The topological polar surface area (TPSA) is 135 Å². The standard InChI is InChI=1S/C37H49N3O8S/c1-26-23-40(27(2)25-41)37(43)33-22-30(38-36(42)21-29-12-7-6-8-13-29)14-19-34(33)48-28(3)11-9-10-20-47-35(26)24-39(4)49(44,45)32-17-15-31(46-5)16-18-32/h6-8,12-19,22,26-28,35,41H,9-11,20-21,23-25H2,1-5H3,(H,38,42)/t26-,27+,28+,35+/m1/s1. The zero-order valence-electron chi connectivity index (χ0n) is 29.0. The highest BCUT2D eigenvalue weighted by molar-refractivity contribution is 7.89. The number of fused-ring (bicyclic) bond motifs is 1. The molecule has 0 aliphatic carbocycles. The molecule has 11 nitrogen and oxygen atoms in total. The number of methoxy groups -OCH3 is 1. The van der Waals surface area contributed by atoms with E-state index in [2.05, 4.69) is 5.32 Å². The number of anilines is 1. The molecule has 0 aromatic heterocycles. The Balaban J connectivity index is 1.62. The number of aliphatic hydroxyl groups excluding tert-OH is 1. The highest BCUT2D eigenvalue weighted by Gasteiger charge is 2.32. The second-order valence-electron chi connectivity index (χ2n) is 12.7. The molecule has 4 atom stereocenters. The van der Waals surface area contributed by atoms with Crippen molar-refractivity contribution in [2.75, 3.05) is 45.8 Å². The average molecular weight is 696 g/mol. The van der Waals surface area contributed by atoms with Crippen LogP contribution in [-0.2, 0) is 26.0 Å². The largest absolute Gasteiger partial charge is 0.497 e. The third-order valence-corrected chi connectivity index (χ3v) is 10.6. The van der Waals surface area contributed by atoms with Crippen molar-refractivity contribution in [2.24, 2.45) is 5.92 Å². The number of carbonyl (C=O) groups is 2. The molecular weight excluding hydrogens is 646 g/mol. The summed E-state index contributed by atoms with van der Waals surface area (Å²) in [4.78, 5) is 29.0. The van der Waals surface area contributed by atoms with Crippen LogP contribution in [0, 0.1) is 5.92 Å². The van der Waals surface area contributed by atoms with Crippen LogP contribution in [0.5, 0.6) is 11.5 Å². The lowest BCUT2D eigenvalue weighted by molar-refractivity contribution is -0.115. The summed E-state index contributed by atoms with van der Waals surface area (Å²) in [6.45, 7) is 5.93. The first-order chi connectivity index (χ1) is 23.4. The number of aliphatic hydroxyl groups is 1. The molecule has 0 spiro atoms. The number of nitrogens with zero attached hydrogens (tertiary/aromatic N) is 2. The van der Waals surface area contributed by atoms with Crippen molar-refractivity contribution in [3.63, 3.8) is 0 Å². The molecule has 2 N–H and O–H groups in total. The van der Waals surface area contributed by atoms with Crippen LogP contribution < -0.4 is 14.8 Å². The average Bonchev–Trinajstić information content (AvgIpc) is 3.09. The van der Waals surface area contributed by atoms with Crippen LogP contribution in [0.4, 0.5) is 5.69 Å². The van der Waals surface area contributed by atoms with Gasteiger partial charge in [-0.2, -0.15) is 4.31 Å². The van der Waals surface area contributed by atoms with Crippen LogP contribution in [0.15, 0.2) is 77.7 Å². The fourth-order valence-corrected chi connectivity index (χ4v) is 6.91. The Hall–Kier alpha value is -3.97. The quantitative estimate of drug-likeness (QED) is 0.303. The molecule has 0 fully saturated rings. The summed E-state index contributed by atoms with van der Waals surface area (Å²) in [7, 11) is -0.814.